The van der Waals surface area contributed by atoms with Crippen LogP contribution < -0.4 is 10.1 Å². The van der Waals surface area contributed by atoms with Crippen LogP contribution in [0.3, 0.4) is 0 Å². The molecule has 3 rings (SSSR count). The summed E-state index contributed by atoms with van der Waals surface area (Å²) in [7, 11) is 1.64. The fraction of sp³-hybridized carbons (Fsp3) is 0.0667. The number of methoxy groups -OCH3 is 1. The molecular formula is C15H12ClN3OS. The first-order valence-electron chi connectivity index (χ1n) is 6.26. The molecule has 0 saturated carbocycles. The monoisotopic (exact) mass is 317 g/mol. The van der Waals surface area contributed by atoms with Crippen molar-refractivity contribution in [3.05, 3.63) is 53.6 Å². The van der Waals surface area contributed by atoms with Crippen LogP contribution in [0.5, 0.6) is 5.75 Å². The number of halogens is 1. The van der Waals surface area contributed by atoms with Gasteiger partial charge in [-0.15, -0.1) is 10.2 Å². The molecule has 0 bridgehead atoms. The summed E-state index contributed by atoms with van der Waals surface area (Å²) < 4.78 is 5.14. The minimum Gasteiger partial charge on any atom is -0.497 e. The van der Waals surface area contributed by atoms with Crippen LogP contribution in [0.1, 0.15) is 0 Å². The summed E-state index contributed by atoms with van der Waals surface area (Å²) in [5.41, 5.74) is 1.82. The molecule has 0 aliphatic carbocycles. The number of nitrogens with zero attached hydrogens (tertiary/aromatic N) is 2. The quantitative estimate of drug-likeness (QED) is 0.763. The Labute approximate surface area is 131 Å². The minimum atomic E-state index is 0.652. The zero-order valence-electron chi connectivity index (χ0n) is 11.2. The van der Waals surface area contributed by atoms with Crippen molar-refractivity contribution in [3.8, 4) is 16.3 Å². The number of ether oxygens (including phenoxy) is 1. The standard InChI is InChI=1S/C15H12ClN3OS/c1-20-11-8-6-10(7-9-11)14-18-19-15(21-14)17-13-5-3-2-4-12(13)16/h2-9H,1H3,(H,17,19). The molecule has 1 heterocycles. The van der Waals surface area contributed by atoms with Gasteiger partial charge >= 0.3 is 0 Å². The summed E-state index contributed by atoms with van der Waals surface area (Å²) in [6.07, 6.45) is 0. The van der Waals surface area contributed by atoms with Gasteiger partial charge in [0.15, 0.2) is 0 Å². The Morgan fingerprint density at radius 3 is 2.52 bits per heavy atom. The second kappa shape index (κ2) is 6.11. The lowest BCUT2D eigenvalue weighted by atomic mass is 10.2. The SMILES string of the molecule is COc1ccc(-c2nnc(Nc3ccccc3Cl)s2)cc1. The van der Waals surface area contributed by atoms with Gasteiger partial charge in [-0.05, 0) is 36.4 Å². The summed E-state index contributed by atoms with van der Waals surface area (Å²) in [5, 5.41) is 13.7. The number of hydrogen-bond donors (Lipinski definition) is 1. The largest absolute Gasteiger partial charge is 0.497 e. The van der Waals surface area contributed by atoms with Crippen molar-refractivity contribution in [2.45, 2.75) is 0 Å². The lowest BCUT2D eigenvalue weighted by Gasteiger charge is -2.03. The molecule has 0 saturated heterocycles. The van der Waals surface area contributed by atoms with E-state index in [9.17, 15) is 0 Å². The van der Waals surface area contributed by atoms with E-state index in [1.165, 1.54) is 11.3 Å². The third-order valence-electron chi connectivity index (χ3n) is 2.88. The van der Waals surface area contributed by atoms with Crippen molar-refractivity contribution in [1.29, 1.82) is 0 Å². The molecule has 0 atom stereocenters. The van der Waals surface area contributed by atoms with Crippen LogP contribution in [0.2, 0.25) is 5.02 Å². The highest BCUT2D eigenvalue weighted by Gasteiger charge is 2.08. The molecule has 0 amide bonds. The van der Waals surface area contributed by atoms with Crippen molar-refractivity contribution in [2.24, 2.45) is 0 Å². The van der Waals surface area contributed by atoms with Crippen LogP contribution in [0.4, 0.5) is 10.8 Å². The Bertz CT molecular complexity index is 743. The zero-order valence-corrected chi connectivity index (χ0v) is 12.8. The average molecular weight is 318 g/mol. The lowest BCUT2D eigenvalue weighted by molar-refractivity contribution is 0.415. The maximum Gasteiger partial charge on any atom is 0.210 e. The van der Waals surface area contributed by atoms with E-state index in [1.807, 2.05) is 48.5 Å². The van der Waals surface area contributed by atoms with Crippen LogP contribution >= 0.6 is 22.9 Å². The van der Waals surface area contributed by atoms with E-state index < -0.39 is 0 Å². The van der Waals surface area contributed by atoms with E-state index in [1.54, 1.807) is 7.11 Å². The first kappa shape index (κ1) is 13.9. The summed E-state index contributed by atoms with van der Waals surface area (Å²) in [6, 6.07) is 15.2. The van der Waals surface area contributed by atoms with Gasteiger partial charge in [0, 0.05) is 5.56 Å². The van der Waals surface area contributed by atoms with E-state index >= 15 is 0 Å². The molecule has 0 aliphatic rings. The molecule has 2 aromatic carbocycles. The fourth-order valence-corrected chi connectivity index (χ4v) is 2.75. The van der Waals surface area contributed by atoms with Crippen LogP contribution in [0, 0.1) is 0 Å². The number of para-hydroxylation sites is 1. The molecule has 3 aromatic rings. The van der Waals surface area contributed by atoms with Crippen LogP contribution in [0.25, 0.3) is 10.6 Å². The summed E-state index contributed by atoms with van der Waals surface area (Å²) in [4.78, 5) is 0. The molecule has 21 heavy (non-hydrogen) atoms. The minimum absolute atomic E-state index is 0.652. The van der Waals surface area contributed by atoms with Gasteiger partial charge in [0.2, 0.25) is 5.13 Å². The second-order valence-corrected chi connectivity index (χ2v) is 5.63. The highest BCUT2D eigenvalue weighted by atomic mass is 35.5. The number of nitrogens with one attached hydrogen (secondary N) is 1. The van der Waals surface area contributed by atoms with Crippen molar-refractivity contribution in [1.82, 2.24) is 10.2 Å². The molecule has 1 N–H and O–H groups in total. The Morgan fingerprint density at radius 1 is 1.05 bits per heavy atom. The molecular weight excluding hydrogens is 306 g/mol. The maximum absolute atomic E-state index is 6.11. The van der Waals surface area contributed by atoms with E-state index in [-0.39, 0.29) is 0 Å². The molecule has 0 fully saturated rings. The normalized spacial score (nSPS) is 10.4. The zero-order chi connectivity index (χ0) is 14.7. The van der Waals surface area contributed by atoms with Gasteiger partial charge in [0.1, 0.15) is 10.8 Å². The summed E-state index contributed by atoms with van der Waals surface area (Å²) >= 11 is 7.58. The highest BCUT2D eigenvalue weighted by molar-refractivity contribution is 7.18. The topological polar surface area (TPSA) is 47.0 Å². The van der Waals surface area contributed by atoms with Gasteiger partial charge in [-0.25, -0.2) is 0 Å². The maximum atomic E-state index is 6.11. The Hall–Kier alpha value is -2.11. The first-order valence-corrected chi connectivity index (χ1v) is 7.45. The molecule has 1 aromatic heterocycles. The van der Waals surface area contributed by atoms with Crippen molar-refractivity contribution in [3.63, 3.8) is 0 Å². The van der Waals surface area contributed by atoms with E-state index in [0.717, 1.165) is 22.0 Å². The first-order chi connectivity index (χ1) is 10.3. The van der Waals surface area contributed by atoms with Gasteiger partial charge in [-0.1, -0.05) is 35.1 Å². The average Bonchev–Trinajstić information content (AvgIpc) is 2.98. The second-order valence-electron chi connectivity index (χ2n) is 4.25. The van der Waals surface area contributed by atoms with Gasteiger partial charge < -0.3 is 10.1 Å². The van der Waals surface area contributed by atoms with Crippen LogP contribution in [-0.4, -0.2) is 17.3 Å². The van der Waals surface area contributed by atoms with Gasteiger partial charge in [0.25, 0.3) is 0 Å². The molecule has 0 spiro atoms. The molecule has 0 aliphatic heterocycles. The van der Waals surface area contributed by atoms with Gasteiger partial charge in [0.05, 0.1) is 17.8 Å². The number of anilines is 2. The van der Waals surface area contributed by atoms with E-state index in [4.69, 9.17) is 16.3 Å². The molecule has 0 radical (unpaired) electrons. The number of benzene rings is 2. The van der Waals surface area contributed by atoms with Gasteiger partial charge in [-0.2, -0.15) is 0 Å². The molecule has 0 unspecified atom stereocenters. The third-order valence-corrected chi connectivity index (χ3v) is 4.09. The molecule has 4 nitrogen and oxygen atoms in total. The predicted molar refractivity (Wildman–Crippen MR) is 86.6 cm³/mol. The highest BCUT2D eigenvalue weighted by Crippen LogP contribution is 2.31. The van der Waals surface area contributed by atoms with Crippen LogP contribution in [0.15, 0.2) is 48.5 Å². The summed E-state index contributed by atoms with van der Waals surface area (Å²) in [6.45, 7) is 0. The molecule has 106 valence electrons. The predicted octanol–water partition coefficient (Wildman–Crippen LogP) is 4.61. The molecule has 6 heteroatoms. The Kier molecular flexibility index (Phi) is 4.03. The summed E-state index contributed by atoms with van der Waals surface area (Å²) in [5.74, 6) is 0.817. The Balaban J connectivity index is 1.81. The Morgan fingerprint density at radius 2 is 1.81 bits per heavy atom. The van der Waals surface area contributed by atoms with Gasteiger partial charge in [-0.3, -0.25) is 0 Å². The van der Waals surface area contributed by atoms with E-state index in [0.29, 0.717) is 10.2 Å². The number of aromatic nitrogens is 2. The fourth-order valence-electron chi connectivity index (χ4n) is 1.80. The van der Waals surface area contributed by atoms with E-state index in [2.05, 4.69) is 15.5 Å². The third kappa shape index (κ3) is 3.15. The van der Waals surface area contributed by atoms with Crippen molar-refractivity contribution >= 4 is 33.8 Å². The van der Waals surface area contributed by atoms with Crippen molar-refractivity contribution < 1.29 is 4.74 Å². The lowest BCUT2D eigenvalue weighted by Crippen LogP contribution is -1.89. The number of hydrogen-bond acceptors (Lipinski definition) is 5. The smallest absolute Gasteiger partial charge is 0.210 e. The van der Waals surface area contributed by atoms with Crippen molar-refractivity contribution in [2.75, 3.05) is 12.4 Å². The number of rotatable bonds is 4. The van der Waals surface area contributed by atoms with Crippen LogP contribution in [-0.2, 0) is 0 Å².